The summed E-state index contributed by atoms with van der Waals surface area (Å²) in [6, 6.07) is 5.49. The summed E-state index contributed by atoms with van der Waals surface area (Å²) >= 11 is 0. The molecular weight excluding hydrogens is 259 g/mol. The fourth-order valence-corrected chi connectivity index (χ4v) is 2.00. The van der Waals surface area contributed by atoms with Crippen molar-refractivity contribution in [1.82, 2.24) is 5.32 Å². The summed E-state index contributed by atoms with van der Waals surface area (Å²) < 4.78 is 45.3. The Morgan fingerprint density at radius 3 is 2.21 bits per heavy atom. The number of ether oxygens (including phenoxy) is 2. The van der Waals surface area contributed by atoms with E-state index in [0.29, 0.717) is 18.3 Å². The van der Waals surface area contributed by atoms with E-state index in [0.717, 1.165) is 25.9 Å². The molecule has 19 heavy (non-hydrogen) atoms. The minimum atomic E-state index is -4.66. The molecule has 0 saturated carbocycles. The van der Waals surface area contributed by atoms with Crippen molar-refractivity contribution in [3.63, 3.8) is 0 Å². The molecule has 0 atom stereocenters. The van der Waals surface area contributed by atoms with E-state index in [2.05, 4.69) is 10.1 Å². The highest BCUT2D eigenvalue weighted by molar-refractivity contribution is 5.31. The lowest BCUT2D eigenvalue weighted by atomic mass is 9.99. The van der Waals surface area contributed by atoms with Gasteiger partial charge in [-0.1, -0.05) is 0 Å². The van der Waals surface area contributed by atoms with Crippen molar-refractivity contribution >= 4 is 0 Å². The van der Waals surface area contributed by atoms with E-state index < -0.39 is 6.36 Å². The smallest absolute Gasteiger partial charge is 0.493 e. The second-order valence-corrected chi connectivity index (χ2v) is 4.52. The first-order chi connectivity index (χ1) is 9.03. The van der Waals surface area contributed by atoms with Crippen LogP contribution >= 0.6 is 0 Å². The monoisotopic (exact) mass is 275 g/mol. The van der Waals surface area contributed by atoms with Crippen LogP contribution in [0.3, 0.4) is 0 Å². The van der Waals surface area contributed by atoms with Crippen LogP contribution in [0.5, 0.6) is 11.5 Å². The number of hydrogen-bond donors (Lipinski definition) is 1. The van der Waals surface area contributed by atoms with Crippen LogP contribution in [0.2, 0.25) is 0 Å². The Hall–Kier alpha value is -1.43. The normalized spacial score (nSPS) is 17.2. The van der Waals surface area contributed by atoms with Crippen LogP contribution in [0.1, 0.15) is 12.8 Å². The van der Waals surface area contributed by atoms with Crippen molar-refractivity contribution in [1.29, 1.82) is 0 Å². The number of nitrogens with one attached hydrogen (secondary N) is 1. The molecule has 0 radical (unpaired) electrons. The molecule has 0 unspecified atom stereocenters. The van der Waals surface area contributed by atoms with Crippen LogP contribution in [-0.4, -0.2) is 26.1 Å². The summed E-state index contributed by atoms with van der Waals surface area (Å²) in [5.41, 5.74) is 0. The van der Waals surface area contributed by atoms with Gasteiger partial charge in [-0.25, -0.2) is 0 Å². The molecule has 0 bridgehead atoms. The predicted molar refractivity (Wildman–Crippen MR) is 64.2 cm³/mol. The topological polar surface area (TPSA) is 30.5 Å². The maximum absolute atomic E-state index is 12.0. The van der Waals surface area contributed by atoms with Gasteiger partial charge in [-0.15, -0.1) is 13.2 Å². The standard InChI is InChI=1S/C13H16F3NO2/c14-13(15,16)19-12-3-1-11(2-4-12)18-9-10-5-7-17-8-6-10/h1-4,10,17H,5-9H2. The van der Waals surface area contributed by atoms with Crippen molar-refractivity contribution < 1.29 is 22.6 Å². The van der Waals surface area contributed by atoms with E-state index in [1.54, 1.807) is 0 Å². The van der Waals surface area contributed by atoms with Crippen LogP contribution in [-0.2, 0) is 0 Å². The van der Waals surface area contributed by atoms with Gasteiger partial charge < -0.3 is 14.8 Å². The Morgan fingerprint density at radius 1 is 1.05 bits per heavy atom. The highest BCUT2D eigenvalue weighted by atomic mass is 19.4. The molecule has 1 aliphatic rings. The van der Waals surface area contributed by atoms with Gasteiger partial charge in [-0.05, 0) is 56.1 Å². The third-order valence-electron chi connectivity index (χ3n) is 3.00. The second-order valence-electron chi connectivity index (χ2n) is 4.52. The van der Waals surface area contributed by atoms with Crippen molar-refractivity contribution in [3.8, 4) is 11.5 Å². The zero-order valence-electron chi connectivity index (χ0n) is 10.4. The van der Waals surface area contributed by atoms with Crippen LogP contribution < -0.4 is 14.8 Å². The van der Waals surface area contributed by atoms with Crippen LogP contribution in [0.25, 0.3) is 0 Å². The lowest BCUT2D eigenvalue weighted by Gasteiger charge is -2.22. The lowest BCUT2D eigenvalue weighted by molar-refractivity contribution is -0.274. The van der Waals surface area contributed by atoms with E-state index in [4.69, 9.17) is 4.74 Å². The summed E-state index contributed by atoms with van der Waals surface area (Å²) in [5.74, 6) is 0.835. The number of hydrogen-bond acceptors (Lipinski definition) is 3. The Bertz CT molecular complexity index is 386. The molecule has 1 aromatic carbocycles. The van der Waals surface area contributed by atoms with Gasteiger partial charge in [0.2, 0.25) is 0 Å². The third-order valence-corrected chi connectivity index (χ3v) is 3.00. The Kier molecular flexibility index (Phi) is 4.52. The van der Waals surface area contributed by atoms with Crippen LogP contribution in [0.4, 0.5) is 13.2 Å². The second kappa shape index (κ2) is 6.14. The van der Waals surface area contributed by atoms with E-state index in [-0.39, 0.29) is 5.75 Å². The maximum atomic E-state index is 12.0. The quantitative estimate of drug-likeness (QED) is 0.916. The molecule has 0 aromatic heterocycles. The maximum Gasteiger partial charge on any atom is 0.573 e. The average Bonchev–Trinajstić information content (AvgIpc) is 2.37. The largest absolute Gasteiger partial charge is 0.573 e. The number of benzene rings is 1. The van der Waals surface area contributed by atoms with Crippen molar-refractivity contribution in [3.05, 3.63) is 24.3 Å². The molecule has 0 amide bonds. The number of halogens is 3. The van der Waals surface area contributed by atoms with Gasteiger partial charge in [0.05, 0.1) is 6.61 Å². The summed E-state index contributed by atoms with van der Waals surface area (Å²) in [6.07, 6.45) is -2.53. The molecular formula is C13H16F3NO2. The molecule has 1 heterocycles. The summed E-state index contributed by atoms with van der Waals surface area (Å²) in [7, 11) is 0. The van der Waals surface area contributed by atoms with Crippen LogP contribution in [0.15, 0.2) is 24.3 Å². The van der Waals surface area contributed by atoms with E-state index in [9.17, 15) is 13.2 Å². The minimum absolute atomic E-state index is 0.235. The molecule has 0 aliphatic carbocycles. The zero-order valence-corrected chi connectivity index (χ0v) is 10.4. The van der Waals surface area contributed by atoms with Crippen molar-refractivity contribution in [2.24, 2.45) is 5.92 Å². The van der Waals surface area contributed by atoms with Gasteiger partial charge in [0.1, 0.15) is 11.5 Å². The zero-order chi connectivity index (χ0) is 13.7. The van der Waals surface area contributed by atoms with Crippen LogP contribution in [0, 0.1) is 5.92 Å². The van der Waals surface area contributed by atoms with E-state index in [1.165, 1.54) is 24.3 Å². The van der Waals surface area contributed by atoms with Gasteiger partial charge in [-0.2, -0.15) is 0 Å². The number of piperidine rings is 1. The summed E-state index contributed by atoms with van der Waals surface area (Å²) in [5, 5.41) is 3.26. The van der Waals surface area contributed by atoms with Crippen molar-refractivity contribution in [2.75, 3.05) is 19.7 Å². The fourth-order valence-electron chi connectivity index (χ4n) is 2.00. The van der Waals surface area contributed by atoms with Gasteiger partial charge in [0.15, 0.2) is 0 Å². The highest BCUT2D eigenvalue weighted by Gasteiger charge is 2.30. The molecule has 1 fully saturated rings. The first-order valence-electron chi connectivity index (χ1n) is 6.22. The Labute approximate surface area is 109 Å². The minimum Gasteiger partial charge on any atom is -0.493 e. The SMILES string of the molecule is FC(F)(F)Oc1ccc(OCC2CCNCC2)cc1. The molecule has 2 rings (SSSR count). The van der Waals surface area contributed by atoms with Crippen molar-refractivity contribution in [2.45, 2.75) is 19.2 Å². The number of alkyl halides is 3. The van der Waals surface area contributed by atoms with Gasteiger partial charge >= 0.3 is 6.36 Å². The van der Waals surface area contributed by atoms with Gasteiger partial charge in [0, 0.05) is 0 Å². The van der Waals surface area contributed by atoms with E-state index >= 15 is 0 Å². The van der Waals surface area contributed by atoms with E-state index in [1.807, 2.05) is 0 Å². The molecule has 3 nitrogen and oxygen atoms in total. The molecule has 1 N–H and O–H groups in total. The molecule has 1 aliphatic heterocycles. The molecule has 1 saturated heterocycles. The molecule has 106 valence electrons. The molecule has 6 heteroatoms. The summed E-state index contributed by atoms with van der Waals surface area (Å²) in [4.78, 5) is 0. The van der Waals surface area contributed by atoms with Gasteiger partial charge in [0.25, 0.3) is 0 Å². The molecule has 0 spiro atoms. The fraction of sp³-hybridized carbons (Fsp3) is 0.538. The third kappa shape index (κ3) is 4.98. The Morgan fingerprint density at radius 2 is 1.63 bits per heavy atom. The first-order valence-corrected chi connectivity index (χ1v) is 6.22. The Balaban J connectivity index is 1.81. The van der Waals surface area contributed by atoms with Gasteiger partial charge in [-0.3, -0.25) is 0 Å². The number of rotatable bonds is 4. The first kappa shape index (κ1) is 14.0. The predicted octanol–water partition coefficient (Wildman–Crippen LogP) is 2.96. The summed E-state index contributed by atoms with van der Waals surface area (Å²) in [6.45, 7) is 2.58. The lowest BCUT2D eigenvalue weighted by Crippen LogP contribution is -2.30. The average molecular weight is 275 g/mol. The molecule has 1 aromatic rings. The highest BCUT2D eigenvalue weighted by Crippen LogP contribution is 2.25.